The summed E-state index contributed by atoms with van der Waals surface area (Å²) in [6, 6.07) is -1.17. The molecule has 0 aromatic rings. The van der Waals surface area contributed by atoms with Crippen LogP contribution in [0.4, 0.5) is 4.79 Å². The third kappa shape index (κ3) is 5.20. The van der Waals surface area contributed by atoms with Crippen LogP contribution in [0.2, 0.25) is 0 Å². The number of morpholine rings is 1. The molecular formula is C13H24N2O4S. The molecule has 1 heterocycles. The van der Waals surface area contributed by atoms with Crippen molar-refractivity contribution in [3.05, 3.63) is 0 Å². The van der Waals surface area contributed by atoms with Crippen LogP contribution in [0.1, 0.15) is 27.2 Å². The quantitative estimate of drug-likeness (QED) is 0.802. The number of nitrogens with one attached hydrogen (secondary N) is 1. The van der Waals surface area contributed by atoms with E-state index < -0.39 is 17.6 Å². The smallest absolute Gasteiger partial charge is 0.326 e. The van der Waals surface area contributed by atoms with Crippen molar-refractivity contribution in [3.63, 3.8) is 0 Å². The van der Waals surface area contributed by atoms with Gasteiger partial charge in [0.05, 0.1) is 18.2 Å². The Morgan fingerprint density at radius 1 is 1.55 bits per heavy atom. The summed E-state index contributed by atoms with van der Waals surface area (Å²) in [5, 5.41) is 11.7. The molecule has 0 aromatic carbocycles. The Balaban J connectivity index is 2.61. The molecule has 0 spiro atoms. The van der Waals surface area contributed by atoms with Gasteiger partial charge in [-0.3, -0.25) is 0 Å². The number of carboxylic acid groups (broad SMARTS) is 1. The molecule has 0 saturated carbocycles. The van der Waals surface area contributed by atoms with Gasteiger partial charge in [0.1, 0.15) is 6.04 Å². The van der Waals surface area contributed by atoms with Crippen molar-refractivity contribution in [2.24, 2.45) is 0 Å². The molecule has 6 nitrogen and oxygen atoms in total. The largest absolute Gasteiger partial charge is 0.480 e. The molecule has 1 saturated heterocycles. The maximum atomic E-state index is 12.2. The lowest BCUT2D eigenvalue weighted by atomic mass is 10.1. The zero-order chi connectivity index (χ0) is 15.3. The normalized spacial score (nSPS) is 23.2. The van der Waals surface area contributed by atoms with E-state index in [1.165, 1.54) is 0 Å². The fourth-order valence-corrected chi connectivity index (χ4v) is 2.81. The standard InChI is InChI=1S/C13H24N2O4S/c1-9-7-15(8-13(2,3)19-9)12(18)14-10(11(16)17)5-6-20-4/h9-10H,5-8H2,1-4H3,(H,14,18)(H,16,17)/t9?,10-/m1/s1. The second-order valence-electron chi connectivity index (χ2n) is 5.69. The van der Waals surface area contributed by atoms with Gasteiger partial charge in [0, 0.05) is 6.54 Å². The van der Waals surface area contributed by atoms with E-state index in [4.69, 9.17) is 9.84 Å². The van der Waals surface area contributed by atoms with Crippen LogP contribution in [0.3, 0.4) is 0 Å². The molecule has 1 fully saturated rings. The number of hydrogen-bond acceptors (Lipinski definition) is 4. The lowest BCUT2D eigenvalue weighted by Gasteiger charge is -2.41. The van der Waals surface area contributed by atoms with Crippen LogP contribution in [0, 0.1) is 0 Å². The van der Waals surface area contributed by atoms with E-state index in [1.54, 1.807) is 16.7 Å². The van der Waals surface area contributed by atoms with Crippen LogP contribution < -0.4 is 5.32 Å². The Morgan fingerprint density at radius 3 is 2.70 bits per heavy atom. The number of carbonyl (C=O) groups is 2. The van der Waals surface area contributed by atoms with Crippen LogP contribution >= 0.6 is 11.8 Å². The lowest BCUT2D eigenvalue weighted by Crippen LogP contribution is -2.58. The van der Waals surface area contributed by atoms with E-state index in [2.05, 4.69) is 5.32 Å². The number of thioether (sulfide) groups is 1. The Kier molecular flexibility index (Phi) is 6.13. The first kappa shape index (κ1) is 17.1. The molecule has 1 rings (SSSR count). The summed E-state index contributed by atoms with van der Waals surface area (Å²) in [6.07, 6.45) is 2.28. The molecule has 0 radical (unpaired) electrons. The second-order valence-corrected chi connectivity index (χ2v) is 6.68. The zero-order valence-electron chi connectivity index (χ0n) is 12.5. The number of nitrogens with zero attached hydrogens (tertiary/aromatic N) is 1. The van der Waals surface area contributed by atoms with E-state index in [0.29, 0.717) is 25.3 Å². The van der Waals surface area contributed by atoms with Gasteiger partial charge in [0.15, 0.2) is 0 Å². The van der Waals surface area contributed by atoms with Gasteiger partial charge in [-0.25, -0.2) is 9.59 Å². The number of aliphatic carboxylic acids is 1. The van der Waals surface area contributed by atoms with Crippen molar-refractivity contribution in [2.75, 3.05) is 25.1 Å². The van der Waals surface area contributed by atoms with Crippen molar-refractivity contribution in [1.82, 2.24) is 10.2 Å². The van der Waals surface area contributed by atoms with Gasteiger partial charge >= 0.3 is 12.0 Å². The maximum absolute atomic E-state index is 12.2. The van der Waals surface area contributed by atoms with E-state index in [1.807, 2.05) is 27.0 Å². The summed E-state index contributed by atoms with van der Waals surface area (Å²) >= 11 is 1.56. The number of carboxylic acids is 1. The summed E-state index contributed by atoms with van der Waals surface area (Å²) in [4.78, 5) is 25.0. The first-order chi connectivity index (χ1) is 9.25. The van der Waals surface area contributed by atoms with Gasteiger partial charge < -0.3 is 20.1 Å². The molecule has 2 atom stereocenters. The highest BCUT2D eigenvalue weighted by Crippen LogP contribution is 2.20. The Bertz CT molecular complexity index is 362. The van der Waals surface area contributed by atoms with E-state index in [9.17, 15) is 9.59 Å². The number of amides is 2. The van der Waals surface area contributed by atoms with Crippen LogP contribution in [0.15, 0.2) is 0 Å². The predicted octanol–water partition coefficient (Wildman–Crippen LogP) is 1.40. The first-order valence-corrected chi connectivity index (χ1v) is 8.09. The van der Waals surface area contributed by atoms with Gasteiger partial charge in [-0.1, -0.05) is 0 Å². The predicted molar refractivity (Wildman–Crippen MR) is 79.2 cm³/mol. The minimum absolute atomic E-state index is 0.0565. The fourth-order valence-electron chi connectivity index (χ4n) is 2.34. The van der Waals surface area contributed by atoms with Crippen molar-refractivity contribution >= 4 is 23.8 Å². The molecule has 1 aliphatic rings. The second kappa shape index (κ2) is 7.17. The van der Waals surface area contributed by atoms with E-state index >= 15 is 0 Å². The number of urea groups is 1. The molecule has 2 N–H and O–H groups in total. The van der Waals surface area contributed by atoms with Gasteiger partial charge in [0.2, 0.25) is 0 Å². The number of hydrogen-bond donors (Lipinski definition) is 2. The summed E-state index contributed by atoms with van der Waals surface area (Å²) in [5.74, 6) is -0.296. The minimum atomic E-state index is -0.993. The summed E-state index contributed by atoms with van der Waals surface area (Å²) in [6.45, 7) is 6.68. The maximum Gasteiger partial charge on any atom is 0.326 e. The van der Waals surface area contributed by atoms with Gasteiger partial charge in [0.25, 0.3) is 0 Å². The highest BCUT2D eigenvalue weighted by atomic mass is 32.2. The average Bonchev–Trinajstić information content (AvgIpc) is 2.31. The molecule has 116 valence electrons. The zero-order valence-corrected chi connectivity index (χ0v) is 13.3. The minimum Gasteiger partial charge on any atom is -0.480 e. The summed E-state index contributed by atoms with van der Waals surface area (Å²) < 4.78 is 5.73. The van der Waals surface area contributed by atoms with Crippen molar-refractivity contribution < 1.29 is 19.4 Å². The average molecular weight is 304 g/mol. The number of ether oxygens (including phenoxy) is 1. The summed E-state index contributed by atoms with van der Waals surface area (Å²) in [5.41, 5.74) is -0.410. The van der Waals surface area contributed by atoms with Gasteiger partial charge in [-0.05, 0) is 39.2 Å². The van der Waals surface area contributed by atoms with Crippen LogP contribution in [-0.4, -0.2) is 64.9 Å². The lowest BCUT2D eigenvalue weighted by molar-refractivity contribution is -0.139. The summed E-state index contributed by atoms with van der Waals surface area (Å²) in [7, 11) is 0. The van der Waals surface area contributed by atoms with E-state index in [0.717, 1.165) is 0 Å². The molecule has 2 amide bonds. The highest BCUT2D eigenvalue weighted by Gasteiger charge is 2.34. The van der Waals surface area contributed by atoms with Crippen molar-refractivity contribution in [3.8, 4) is 0 Å². The Morgan fingerprint density at radius 2 is 2.20 bits per heavy atom. The SMILES string of the molecule is CSCC[C@@H](NC(=O)N1CC(C)OC(C)(C)C1)C(=O)O. The molecular weight excluding hydrogens is 280 g/mol. The molecule has 1 aliphatic heterocycles. The molecule has 1 unspecified atom stereocenters. The third-order valence-electron chi connectivity index (χ3n) is 3.06. The third-order valence-corrected chi connectivity index (χ3v) is 3.71. The topological polar surface area (TPSA) is 78.9 Å². The Labute approximate surface area is 124 Å². The number of rotatable bonds is 5. The Hall–Kier alpha value is -0.950. The van der Waals surface area contributed by atoms with Crippen LogP contribution in [0.25, 0.3) is 0 Å². The fraction of sp³-hybridized carbons (Fsp3) is 0.846. The van der Waals surface area contributed by atoms with Gasteiger partial charge in [-0.15, -0.1) is 0 Å². The molecule has 0 aliphatic carbocycles. The van der Waals surface area contributed by atoms with Crippen molar-refractivity contribution in [1.29, 1.82) is 0 Å². The highest BCUT2D eigenvalue weighted by molar-refractivity contribution is 7.98. The monoisotopic (exact) mass is 304 g/mol. The van der Waals surface area contributed by atoms with Crippen molar-refractivity contribution in [2.45, 2.75) is 44.9 Å². The molecule has 0 aromatic heterocycles. The van der Waals surface area contributed by atoms with E-state index in [-0.39, 0.29) is 12.1 Å². The van der Waals surface area contributed by atoms with Crippen LogP contribution in [0.5, 0.6) is 0 Å². The van der Waals surface area contributed by atoms with Crippen LogP contribution in [-0.2, 0) is 9.53 Å². The van der Waals surface area contributed by atoms with Gasteiger partial charge in [-0.2, -0.15) is 11.8 Å². The molecule has 0 bridgehead atoms. The number of carbonyl (C=O) groups excluding carboxylic acids is 1. The first-order valence-electron chi connectivity index (χ1n) is 6.70. The molecule has 7 heteroatoms. The molecule has 20 heavy (non-hydrogen) atoms.